The minimum Gasteiger partial charge on any atom is -0.309 e. The van der Waals surface area contributed by atoms with E-state index < -0.39 is 0 Å². The van der Waals surface area contributed by atoms with Crippen LogP contribution in [0.5, 0.6) is 0 Å². The van der Waals surface area contributed by atoms with Crippen LogP contribution in [0.2, 0.25) is 0 Å². The second kappa shape index (κ2) is 11.0. The van der Waals surface area contributed by atoms with Gasteiger partial charge in [-0.05, 0) is 57.3 Å². The highest BCUT2D eigenvalue weighted by molar-refractivity contribution is 6.23. The molecule has 3 heteroatoms. The zero-order chi connectivity index (χ0) is 32.3. The molecule has 0 bridgehead atoms. The van der Waals surface area contributed by atoms with Crippen molar-refractivity contribution in [2.24, 2.45) is 0 Å². The number of hydrogen-bond donors (Lipinski definition) is 0. The molecule has 10 aromatic rings. The molecular weight excluding hydrogens is 595 g/mol. The summed E-state index contributed by atoms with van der Waals surface area (Å²) in [5, 5.41) is 7.21. The predicted octanol–water partition coefficient (Wildman–Crippen LogP) is 12.0. The lowest BCUT2D eigenvalue weighted by molar-refractivity contribution is 1.18. The van der Waals surface area contributed by atoms with Gasteiger partial charge in [0.15, 0.2) is 0 Å². The Morgan fingerprint density at radius 1 is 0.347 bits per heavy atom. The summed E-state index contributed by atoms with van der Waals surface area (Å²) in [6.07, 6.45) is 1.90. The van der Waals surface area contributed by atoms with Gasteiger partial charge in [-0.15, -0.1) is 0 Å². The van der Waals surface area contributed by atoms with Gasteiger partial charge in [-0.1, -0.05) is 146 Å². The summed E-state index contributed by atoms with van der Waals surface area (Å²) in [7, 11) is 0. The molecule has 49 heavy (non-hydrogen) atoms. The van der Waals surface area contributed by atoms with Crippen LogP contribution in [0.1, 0.15) is 0 Å². The molecular formula is C46H29N3. The highest BCUT2D eigenvalue weighted by atomic mass is 15.0. The smallest absolute Gasteiger partial charge is 0.0979 e. The number of hydrogen-bond acceptors (Lipinski definition) is 2. The molecule has 0 saturated carbocycles. The third-order valence-electron chi connectivity index (χ3n) is 9.84. The fraction of sp³-hybridized carbons (Fsp3) is 0. The van der Waals surface area contributed by atoms with Crippen molar-refractivity contribution in [1.29, 1.82) is 0 Å². The summed E-state index contributed by atoms with van der Waals surface area (Å²) < 4.78 is 2.37. The molecule has 0 spiro atoms. The maximum atomic E-state index is 5.17. The summed E-state index contributed by atoms with van der Waals surface area (Å²) in [4.78, 5) is 10.1. The van der Waals surface area contributed by atoms with Crippen molar-refractivity contribution in [3.63, 3.8) is 0 Å². The van der Waals surface area contributed by atoms with Crippen LogP contribution in [0, 0.1) is 0 Å². The second-order valence-electron chi connectivity index (χ2n) is 12.6. The molecule has 3 nitrogen and oxygen atoms in total. The molecule has 2 heterocycles. The fourth-order valence-electron chi connectivity index (χ4n) is 7.48. The number of fused-ring (bicyclic) bond motifs is 9. The van der Waals surface area contributed by atoms with Crippen LogP contribution in [-0.2, 0) is 0 Å². The molecule has 0 N–H and O–H groups in total. The Morgan fingerprint density at radius 2 is 0.816 bits per heavy atom. The first kappa shape index (κ1) is 27.5. The van der Waals surface area contributed by atoms with Crippen molar-refractivity contribution in [3.05, 3.63) is 176 Å². The van der Waals surface area contributed by atoms with Gasteiger partial charge in [0.2, 0.25) is 0 Å². The van der Waals surface area contributed by atoms with Crippen molar-refractivity contribution in [3.8, 4) is 39.2 Å². The SMILES string of the molecule is c1cc(-c2ccc(-c3ccc(-c4cnc5c6ccccc6c6ccccc6c5n4)cc3)cc2)cc(-n2c3ccccc3c3ccccc32)c1. The van der Waals surface area contributed by atoms with Crippen molar-refractivity contribution in [2.45, 2.75) is 0 Å². The van der Waals surface area contributed by atoms with Crippen LogP contribution in [-0.4, -0.2) is 14.5 Å². The molecule has 0 aliphatic carbocycles. The number of aromatic nitrogens is 3. The first-order valence-electron chi connectivity index (χ1n) is 16.7. The minimum atomic E-state index is 0.873. The molecule has 0 unspecified atom stereocenters. The third-order valence-corrected chi connectivity index (χ3v) is 9.84. The van der Waals surface area contributed by atoms with Crippen molar-refractivity contribution in [1.82, 2.24) is 14.5 Å². The fourth-order valence-corrected chi connectivity index (χ4v) is 7.48. The Balaban J connectivity index is 0.971. The van der Waals surface area contributed by atoms with Crippen molar-refractivity contribution in [2.75, 3.05) is 0 Å². The monoisotopic (exact) mass is 623 g/mol. The number of rotatable bonds is 4. The summed E-state index contributed by atoms with van der Waals surface area (Å²) in [6.45, 7) is 0. The van der Waals surface area contributed by atoms with Crippen molar-refractivity contribution >= 4 is 54.4 Å². The van der Waals surface area contributed by atoms with Gasteiger partial charge in [-0.3, -0.25) is 4.98 Å². The van der Waals surface area contributed by atoms with Gasteiger partial charge in [-0.2, -0.15) is 0 Å². The van der Waals surface area contributed by atoms with E-state index in [0.717, 1.165) is 38.8 Å². The summed E-state index contributed by atoms with van der Waals surface area (Å²) >= 11 is 0. The molecule has 228 valence electrons. The Kier molecular flexibility index (Phi) is 6.18. The van der Waals surface area contributed by atoms with E-state index in [0.29, 0.717) is 0 Å². The van der Waals surface area contributed by atoms with E-state index in [1.807, 2.05) is 6.20 Å². The van der Waals surface area contributed by atoms with Crippen LogP contribution in [0.3, 0.4) is 0 Å². The van der Waals surface area contributed by atoms with Crippen LogP contribution < -0.4 is 0 Å². The van der Waals surface area contributed by atoms with Gasteiger partial charge in [0, 0.05) is 32.8 Å². The first-order valence-corrected chi connectivity index (χ1v) is 16.7. The lowest BCUT2D eigenvalue weighted by Crippen LogP contribution is -1.94. The Bertz CT molecular complexity index is 2770. The molecule has 0 aliphatic rings. The Labute approximate surface area is 283 Å². The van der Waals surface area contributed by atoms with E-state index in [2.05, 4.69) is 174 Å². The highest BCUT2D eigenvalue weighted by Crippen LogP contribution is 2.36. The summed E-state index contributed by atoms with van der Waals surface area (Å²) in [5.74, 6) is 0. The lowest BCUT2D eigenvalue weighted by atomic mass is 9.98. The van der Waals surface area contributed by atoms with Gasteiger partial charge in [-0.25, -0.2) is 4.98 Å². The quantitative estimate of drug-likeness (QED) is 0.183. The normalized spacial score (nSPS) is 11.7. The molecule has 0 amide bonds. The molecule has 0 atom stereocenters. The summed E-state index contributed by atoms with van der Waals surface area (Å²) in [6, 6.07) is 60.6. The molecule has 2 aromatic heterocycles. The van der Waals surface area contributed by atoms with E-state index in [1.54, 1.807) is 0 Å². The lowest BCUT2D eigenvalue weighted by Gasteiger charge is -2.11. The van der Waals surface area contributed by atoms with Crippen molar-refractivity contribution < 1.29 is 0 Å². The highest BCUT2D eigenvalue weighted by Gasteiger charge is 2.14. The number of nitrogens with zero attached hydrogens (tertiary/aromatic N) is 3. The Morgan fingerprint density at radius 3 is 1.41 bits per heavy atom. The third kappa shape index (κ3) is 4.44. The zero-order valence-corrected chi connectivity index (χ0v) is 26.6. The van der Waals surface area contributed by atoms with Gasteiger partial charge in [0.05, 0.1) is 34.0 Å². The first-order chi connectivity index (χ1) is 24.3. The van der Waals surface area contributed by atoms with Gasteiger partial charge >= 0.3 is 0 Å². The molecule has 0 aliphatic heterocycles. The number of para-hydroxylation sites is 2. The van der Waals surface area contributed by atoms with Gasteiger partial charge in [0.25, 0.3) is 0 Å². The van der Waals surface area contributed by atoms with E-state index in [-0.39, 0.29) is 0 Å². The van der Waals surface area contributed by atoms with E-state index in [1.165, 1.54) is 54.8 Å². The van der Waals surface area contributed by atoms with Crippen LogP contribution in [0.15, 0.2) is 176 Å². The molecule has 0 fully saturated rings. The summed E-state index contributed by atoms with van der Waals surface area (Å²) in [5.41, 5.74) is 12.1. The second-order valence-corrected chi connectivity index (χ2v) is 12.6. The number of benzene rings is 8. The van der Waals surface area contributed by atoms with Gasteiger partial charge < -0.3 is 4.57 Å². The molecule has 0 saturated heterocycles. The predicted molar refractivity (Wildman–Crippen MR) is 205 cm³/mol. The van der Waals surface area contributed by atoms with Gasteiger partial charge in [0.1, 0.15) is 0 Å². The van der Waals surface area contributed by atoms with Crippen LogP contribution in [0.4, 0.5) is 0 Å². The largest absolute Gasteiger partial charge is 0.309 e. The maximum absolute atomic E-state index is 5.17. The van der Waals surface area contributed by atoms with Crippen LogP contribution >= 0.6 is 0 Å². The molecule has 0 radical (unpaired) electrons. The standard InChI is InChI=1S/C46H29N3/c1-3-16-40-36(12-1)37-13-2-4-17-41(37)46-45(40)47-29-42(48-46)33-26-24-31(25-27-33)30-20-22-32(23-21-30)34-10-9-11-35(28-34)49-43-18-7-5-14-38(43)39-15-6-8-19-44(39)49/h1-29H. The average molecular weight is 624 g/mol. The van der Waals surface area contributed by atoms with E-state index >= 15 is 0 Å². The molecule has 10 rings (SSSR count). The average Bonchev–Trinajstić information content (AvgIpc) is 3.52. The minimum absolute atomic E-state index is 0.873. The van der Waals surface area contributed by atoms with Crippen LogP contribution in [0.25, 0.3) is 93.6 Å². The van der Waals surface area contributed by atoms with E-state index in [9.17, 15) is 0 Å². The zero-order valence-electron chi connectivity index (χ0n) is 26.6. The maximum Gasteiger partial charge on any atom is 0.0979 e. The molecule has 8 aromatic carbocycles. The Hall–Kier alpha value is -6.58. The van der Waals surface area contributed by atoms with E-state index in [4.69, 9.17) is 9.97 Å². The topological polar surface area (TPSA) is 30.7 Å².